The van der Waals surface area contributed by atoms with E-state index in [2.05, 4.69) is 24.9 Å². The predicted molar refractivity (Wildman–Crippen MR) is 139 cm³/mol. The van der Waals surface area contributed by atoms with E-state index < -0.39 is 22.0 Å². The molecule has 11 heteroatoms. The van der Waals surface area contributed by atoms with E-state index in [1.165, 1.54) is 50.4 Å². The van der Waals surface area contributed by atoms with Crippen molar-refractivity contribution in [2.24, 2.45) is 4.99 Å². The molecule has 192 valence electrons. The SMILES string of the molecule is CCOC(=O)N1CCN(S(=O)(=O)c2ccc(C(=O)N=c3sc4ccc(C)c(C)c4n3CC)cc2)CC1. The van der Waals surface area contributed by atoms with Crippen LogP contribution >= 0.6 is 11.3 Å². The van der Waals surface area contributed by atoms with E-state index in [-0.39, 0.29) is 37.7 Å². The quantitative estimate of drug-likeness (QED) is 0.502. The molecule has 0 atom stereocenters. The number of piperazine rings is 1. The van der Waals surface area contributed by atoms with Crippen LogP contribution in [0.2, 0.25) is 0 Å². The zero-order chi connectivity index (χ0) is 26.0. The predicted octanol–water partition coefficient (Wildman–Crippen LogP) is 3.54. The molecule has 1 aromatic heterocycles. The number of hydrogen-bond donors (Lipinski definition) is 0. The van der Waals surface area contributed by atoms with Crippen molar-refractivity contribution in [2.45, 2.75) is 39.1 Å². The topological polar surface area (TPSA) is 101 Å². The highest BCUT2D eigenvalue weighted by atomic mass is 32.2. The summed E-state index contributed by atoms with van der Waals surface area (Å²) in [5.41, 5.74) is 3.74. The van der Waals surface area contributed by atoms with Crippen LogP contribution in [0, 0.1) is 13.8 Å². The molecule has 0 aliphatic carbocycles. The largest absolute Gasteiger partial charge is 0.450 e. The molecule has 1 saturated heterocycles. The molecule has 9 nitrogen and oxygen atoms in total. The molecule has 2 heterocycles. The van der Waals surface area contributed by atoms with Crippen molar-refractivity contribution in [3.05, 3.63) is 57.9 Å². The van der Waals surface area contributed by atoms with Gasteiger partial charge < -0.3 is 14.2 Å². The highest BCUT2D eigenvalue weighted by Crippen LogP contribution is 2.24. The molecule has 0 bridgehead atoms. The lowest BCUT2D eigenvalue weighted by molar-refractivity contribution is 0.0933. The molecule has 0 unspecified atom stereocenters. The Hall–Kier alpha value is -3.02. The minimum Gasteiger partial charge on any atom is -0.450 e. The van der Waals surface area contributed by atoms with Crippen molar-refractivity contribution in [1.29, 1.82) is 0 Å². The minimum absolute atomic E-state index is 0.0974. The second kappa shape index (κ2) is 10.5. The molecule has 0 spiro atoms. The first-order valence-electron chi connectivity index (χ1n) is 11.9. The fraction of sp³-hybridized carbons (Fsp3) is 0.400. The van der Waals surface area contributed by atoms with Gasteiger partial charge in [0.25, 0.3) is 5.91 Å². The van der Waals surface area contributed by atoms with Gasteiger partial charge in [0.15, 0.2) is 4.80 Å². The maximum Gasteiger partial charge on any atom is 0.409 e. The van der Waals surface area contributed by atoms with Gasteiger partial charge in [-0.2, -0.15) is 9.30 Å². The maximum absolute atomic E-state index is 13.1. The maximum atomic E-state index is 13.1. The standard InChI is InChI=1S/C25H30N4O5S2/c1-5-29-22-18(4)17(3)7-12-21(22)35-24(29)26-23(30)19-8-10-20(11-9-19)36(32,33)28-15-13-27(14-16-28)25(31)34-6-2/h7-12H,5-6,13-16H2,1-4H3. The molecule has 0 N–H and O–H groups in total. The number of sulfonamides is 1. The lowest BCUT2D eigenvalue weighted by Gasteiger charge is -2.33. The average molecular weight is 531 g/mol. The van der Waals surface area contributed by atoms with Gasteiger partial charge in [-0.3, -0.25) is 4.79 Å². The highest BCUT2D eigenvalue weighted by Gasteiger charge is 2.30. The van der Waals surface area contributed by atoms with Gasteiger partial charge in [-0.15, -0.1) is 0 Å². The van der Waals surface area contributed by atoms with Crippen LogP contribution in [0.3, 0.4) is 0 Å². The summed E-state index contributed by atoms with van der Waals surface area (Å²) in [6.45, 7) is 9.71. The van der Waals surface area contributed by atoms with Crippen LogP contribution in [0.1, 0.15) is 35.3 Å². The molecule has 2 aromatic carbocycles. The van der Waals surface area contributed by atoms with Crippen LogP contribution in [-0.2, 0) is 21.3 Å². The summed E-state index contributed by atoms with van der Waals surface area (Å²) in [6.07, 6.45) is -0.436. The van der Waals surface area contributed by atoms with Crippen LogP contribution in [0.25, 0.3) is 10.2 Å². The van der Waals surface area contributed by atoms with Crippen LogP contribution in [-0.4, -0.2) is 67.0 Å². The molecule has 0 saturated carbocycles. The normalized spacial score (nSPS) is 15.4. The number of amides is 2. The van der Waals surface area contributed by atoms with Crippen LogP contribution in [0.5, 0.6) is 0 Å². The number of rotatable bonds is 5. The average Bonchev–Trinajstić information content (AvgIpc) is 3.24. The van der Waals surface area contributed by atoms with E-state index in [1.54, 1.807) is 6.92 Å². The third-order valence-electron chi connectivity index (χ3n) is 6.38. The Balaban J connectivity index is 1.54. The Bertz CT molecular complexity index is 1460. The van der Waals surface area contributed by atoms with E-state index >= 15 is 0 Å². The zero-order valence-corrected chi connectivity index (χ0v) is 22.5. The van der Waals surface area contributed by atoms with E-state index in [0.717, 1.165) is 15.8 Å². The van der Waals surface area contributed by atoms with Crippen LogP contribution in [0.4, 0.5) is 4.79 Å². The Morgan fingerprint density at radius 1 is 1.00 bits per heavy atom. The van der Waals surface area contributed by atoms with Crippen molar-refractivity contribution >= 4 is 43.6 Å². The number of carbonyl (C=O) groups is 2. The van der Waals surface area contributed by atoms with Crippen molar-refractivity contribution in [3.63, 3.8) is 0 Å². The number of aryl methyl sites for hydroxylation is 3. The van der Waals surface area contributed by atoms with Gasteiger partial charge in [0.2, 0.25) is 10.0 Å². The molecular formula is C25H30N4O5S2. The first-order valence-corrected chi connectivity index (χ1v) is 14.1. The second-order valence-electron chi connectivity index (χ2n) is 8.51. The Morgan fingerprint density at radius 2 is 1.67 bits per heavy atom. The van der Waals surface area contributed by atoms with Gasteiger partial charge >= 0.3 is 6.09 Å². The summed E-state index contributed by atoms with van der Waals surface area (Å²) < 4.78 is 35.6. The lowest BCUT2D eigenvalue weighted by Crippen LogP contribution is -2.50. The third kappa shape index (κ3) is 4.95. The first kappa shape index (κ1) is 26.1. The number of aromatic nitrogens is 1. The number of hydrogen-bond acceptors (Lipinski definition) is 6. The van der Waals surface area contributed by atoms with E-state index in [0.29, 0.717) is 16.9 Å². The number of fused-ring (bicyclic) bond motifs is 1. The van der Waals surface area contributed by atoms with Crippen molar-refractivity contribution in [2.75, 3.05) is 32.8 Å². The van der Waals surface area contributed by atoms with E-state index in [1.807, 2.05) is 17.6 Å². The van der Waals surface area contributed by atoms with Crippen molar-refractivity contribution in [1.82, 2.24) is 13.8 Å². The monoisotopic (exact) mass is 530 g/mol. The van der Waals surface area contributed by atoms with Crippen molar-refractivity contribution < 1.29 is 22.7 Å². The zero-order valence-electron chi connectivity index (χ0n) is 20.9. The third-order valence-corrected chi connectivity index (χ3v) is 9.34. The number of carbonyl (C=O) groups excluding carboxylic acids is 2. The van der Waals surface area contributed by atoms with E-state index in [4.69, 9.17) is 4.74 Å². The van der Waals surface area contributed by atoms with Crippen LogP contribution in [0.15, 0.2) is 46.3 Å². The summed E-state index contributed by atoms with van der Waals surface area (Å²) >= 11 is 1.46. The molecule has 2 amide bonds. The van der Waals surface area contributed by atoms with E-state index in [9.17, 15) is 18.0 Å². The summed E-state index contributed by atoms with van der Waals surface area (Å²) in [4.78, 5) is 31.4. The van der Waals surface area contributed by atoms with Gasteiger partial charge in [-0.25, -0.2) is 13.2 Å². The first-order chi connectivity index (χ1) is 17.2. The molecule has 3 aromatic rings. The smallest absolute Gasteiger partial charge is 0.409 e. The fourth-order valence-electron chi connectivity index (χ4n) is 4.22. The summed E-state index contributed by atoms with van der Waals surface area (Å²) in [7, 11) is -3.75. The lowest BCUT2D eigenvalue weighted by atomic mass is 10.1. The number of ether oxygens (including phenoxy) is 1. The molecule has 1 aliphatic rings. The summed E-state index contributed by atoms with van der Waals surface area (Å²) in [6, 6.07) is 9.96. The van der Waals surface area contributed by atoms with Gasteiger partial charge in [-0.05, 0) is 69.2 Å². The van der Waals surface area contributed by atoms with Gasteiger partial charge in [0, 0.05) is 38.3 Å². The Labute approximate surface area is 214 Å². The summed E-state index contributed by atoms with van der Waals surface area (Å²) in [5, 5.41) is 0. The minimum atomic E-state index is -3.75. The molecular weight excluding hydrogens is 500 g/mol. The van der Waals surface area contributed by atoms with Gasteiger partial charge in [-0.1, -0.05) is 17.4 Å². The highest BCUT2D eigenvalue weighted by molar-refractivity contribution is 7.89. The molecule has 4 rings (SSSR count). The molecule has 1 aliphatic heterocycles. The molecule has 0 radical (unpaired) electrons. The molecule has 36 heavy (non-hydrogen) atoms. The molecule has 1 fully saturated rings. The van der Waals surface area contributed by atoms with Crippen LogP contribution < -0.4 is 4.80 Å². The Kier molecular flexibility index (Phi) is 7.62. The number of benzene rings is 2. The van der Waals surface area contributed by atoms with Crippen molar-refractivity contribution in [3.8, 4) is 0 Å². The summed E-state index contributed by atoms with van der Waals surface area (Å²) in [5.74, 6) is -0.426. The number of thiazole rings is 1. The fourth-order valence-corrected chi connectivity index (χ4v) is 6.79. The van der Waals surface area contributed by atoms with Gasteiger partial charge in [0.05, 0.1) is 21.7 Å². The van der Waals surface area contributed by atoms with Gasteiger partial charge in [0.1, 0.15) is 0 Å². The number of nitrogens with zero attached hydrogens (tertiary/aromatic N) is 4. The second-order valence-corrected chi connectivity index (χ2v) is 11.5. The Morgan fingerprint density at radius 3 is 2.28 bits per heavy atom.